The summed E-state index contributed by atoms with van der Waals surface area (Å²) in [7, 11) is 0. The molecule has 3 amide bonds. The summed E-state index contributed by atoms with van der Waals surface area (Å²) in [5.41, 5.74) is 5.32. The number of thioether (sulfide) groups is 1. The molecular weight excluding hydrogens is 264 g/mol. The molecule has 0 saturated carbocycles. The lowest BCUT2D eigenvalue weighted by Crippen LogP contribution is -2.36. The minimum Gasteiger partial charge on any atom is -0.355 e. The van der Waals surface area contributed by atoms with Gasteiger partial charge in [0.25, 0.3) is 0 Å². The first kappa shape index (κ1) is 14.5. The first-order valence-electron chi connectivity index (χ1n) is 6.86. The van der Waals surface area contributed by atoms with Crippen LogP contribution in [0.2, 0.25) is 0 Å². The monoisotopic (exact) mass is 286 g/mol. The van der Waals surface area contributed by atoms with Crippen molar-refractivity contribution < 1.29 is 9.59 Å². The average Bonchev–Trinajstić information content (AvgIpc) is 2.92. The Kier molecular flexibility index (Phi) is 5.33. The molecule has 2 aliphatic rings. The van der Waals surface area contributed by atoms with Crippen LogP contribution >= 0.6 is 11.8 Å². The molecule has 0 aromatic carbocycles. The van der Waals surface area contributed by atoms with Crippen molar-refractivity contribution in [3.63, 3.8) is 0 Å². The van der Waals surface area contributed by atoms with Crippen molar-refractivity contribution in [1.82, 2.24) is 16.0 Å². The molecule has 2 unspecified atom stereocenters. The summed E-state index contributed by atoms with van der Waals surface area (Å²) in [4.78, 5) is 22.6. The van der Waals surface area contributed by atoms with Crippen molar-refractivity contribution in [2.24, 2.45) is 5.73 Å². The Labute approximate surface area is 117 Å². The van der Waals surface area contributed by atoms with Gasteiger partial charge in [-0.2, -0.15) is 11.8 Å². The number of urea groups is 1. The Bertz CT molecular complexity index is 340. The van der Waals surface area contributed by atoms with Gasteiger partial charge in [-0.05, 0) is 12.8 Å². The first-order chi connectivity index (χ1) is 9.20. The van der Waals surface area contributed by atoms with Crippen LogP contribution in [0.25, 0.3) is 0 Å². The largest absolute Gasteiger partial charge is 0.355 e. The molecule has 0 aromatic rings. The summed E-state index contributed by atoms with van der Waals surface area (Å²) in [6.45, 7) is 1.04. The zero-order chi connectivity index (χ0) is 13.7. The van der Waals surface area contributed by atoms with E-state index in [9.17, 15) is 9.59 Å². The number of carbonyl (C=O) groups excluding carboxylic acids is 2. The average molecular weight is 286 g/mol. The molecule has 6 nitrogen and oxygen atoms in total. The van der Waals surface area contributed by atoms with E-state index in [4.69, 9.17) is 5.73 Å². The van der Waals surface area contributed by atoms with Gasteiger partial charge >= 0.3 is 6.03 Å². The highest BCUT2D eigenvalue weighted by Crippen LogP contribution is 2.33. The van der Waals surface area contributed by atoms with Gasteiger partial charge in [0.05, 0.1) is 12.1 Å². The molecule has 5 N–H and O–H groups in total. The van der Waals surface area contributed by atoms with E-state index in [1.54, 1.807) is 0 Å². The highest BCUT2D eigenvalue weighted by atomic mass is 32.2. The Morgan fingerprint density at radius 2 is 2.26 bits per heavy atom. The number of rotatable bonds is 7. The predicted molar refractivity (Wildman–Crippen MR) is 76.0 cm³/mol. The molecule has 0 spiro atoms. The highest BCUT2D eigenvalue weighted by Gasteiger charge is 2.42. The second-order valence-electron chi connectivity index (χ2n) is 5.01. The third-order valence-corrected chi connectivity index (χ3v) is 5.06. The molecule has 7 heteroatoms. The van der Waals surface area contributed by atoms with Crippen molar-refractivity contribution in [2.45, 2.75) is 43.0 Å². The quantitative estimate of drug-likeness (QED) is 0.384. The number of carbonyl (C=O) groups is 2. The van der Waals surface area contributed by atoms with Gasteiger partial charge in [0.1, 0.15) is 0 Å². The SMILES string of the molecule is NCCNC(=O)CCCCC1SCC2NC(=O)N[C@H]21. The Morgan fingerprint density at radius 3 is 3.05 bits per heavy atom. The predicted octanol–water partition coefficient (Wildman–Crippen LogP) is -0.213. The van der Waals surface area contributed by atoms with E-state index in [2.05, 4.69) is 16.0 Å². The van der Waals surface area contributed by atoms with Gasteiger partial charge in [-0.15, -0.1) is 0 Å². The molecule has 0 bridgehead atoms. The van der Waals surface area contributed by atoms with Gasteiger partial charge in [0.15, 0.2) is 0 Å². The highest BCUT2D eigenvalue weighted by molar-refractivity contribution is 8.00. The number of fused-ring (bicyclic) bond motifs is 1. The summed E-state index contributed by atoms with van der Waals surface area (Å²) in [5, 5.41) is 9.16. The zero-order valence-corrected chi connectivity index (χ0v) is 11.8. The van der Waals surface area contributed by atoms with Crippen LogP contribution in [0.5, 0.6) is 0 Å². The lowest BCUT2D eigenvalue weighted by molar-refractivity contribution is -0.121. The third-order valence-electron chi connectivity index (χ3n) is 3.55. The second kappa shape index (κ2) is 7.00. The van der Waals surface area contributed by atoms with Crippen LogP contribution in [0.15, 0.2) is 0 Å². The van der Waals surface area contributed by atoms with E-state index in [-0.39, 0.29) is 24.0 Å². The van der Waals surface area contributed by atoms with Crippen molar-refractivity contribution in [3.05, 3.63) is 0 Å². The molecule has 19 heavy (non-hydrogen) atoms. The van der Waals surface area contributed by atoms with Crippen LogP contribution in [0.3, 0.4) is 0 Å². The second-order valence-corrected chi connectivity index (χ2v) is 6.28. The molecule has 2 heterocycles. The number of hydrogen-bond donors (Lipinski definition) is 4. The van der Waals surface area contributed by atoms with E-state index < -0.39 is 0 Å². The van der Waals surface area contributed by atoms with Crippen LogP contribution in [0.4, 0.5) is 4.79 Å². The van der Waals surface area contributed by atoms with Gasteiger partial charge in [0.2, 0.25) is 5.91 Å². The first-order valence-corrected chi connectivity index (χ1v) is 7.91. The maximum absolute atomic E-state index is 11.4. The van der Waals surface area contributed by atoms with Crippen LogP contribution in [-0.2, 0) is 4.79 Å². The van der Waals surface area contributed by atoms with Crippen molar-refractivity contribution in [2.75, 3.05) is 18.8 Å². The van der Waals surface area contributed by atoms with Crippen LogP contribution in [-0.4, -0.2) is 48.1 Å². The third kappa shape index (κ3) is 4.01. The Balaban J connectivity index is 1.59. The maximum atomic E-state index is 11.4. The summed E-state index contributed by atoms with van der Waals surface area (Å²) < 4.78 is 0. The van der Waals surface area contributed by atoms with Crippen molar-refractivity contribution in [3.8, 4) is 0 Å². The van der Waals surface area contributed by atoms with E-state index in [0.717, 1.165) is 25.0 Å². The Morgan fingerprint density at radius 1 is 1.42 bits per heavy atom. The molecule has 0 radical (unpaired) electrons. The minimum atomic E-state index is -0.0403. The smallest absolute Gasteiger partial charge is 0.315 e. The van der Waals surface area contributed by atoms with E-state index >= 15 is 0 Å². The number of unbranched alkanes of at least 4 members (excludes halogenated alkanes) is 1. The molecule has 2 fully saturated rings. The minimum absolute atomic E-state index is 0.0403. The number of nitrogens with two attached hydrogens (primary N) is 1. The standard InChI is InChI=1S/C12H22N4O2S/c13-5-6-14-10(17)4-2-1-3-9-11-8(7-19-9)15-12(18)16-11/h8-9,11H,1-7,13H2,(H,14,17)(H2,15,16,18)/t8?,9?,11-/m1/s1. The summed E-state index contributed by atoms with van der Waals surface area (Å²) in [6, 6.07) is 0.514. The summed E-state index contributed by atoms with van der Waals surface area (Å²) in [5.74, 6) is 1.07. The molecule has 0 aromatic heterocycles. The van der Waals surface area contributed by atoms with Gasteiger partial charge in [0, 0.05) is 30.5 Å². The normalized spacial score (nSPS) is 28.7. The topological polar surface area (TPSA) is 96.2 Å². The fourth-order valence-corrected chi connectivity index (χ4v) is 4.12. The summed E-state index contributed by atoms with van der Waals surface area (Å²) >= 11 is 1.91. The van der Waals surface area contributed by atoms with E-state index in [0.29, 0.717) is 24.8 Å². The van der Waals surface area contributed by atoms with Crippen LogP contribution in [0, 0.1) is 0 Å². The molecule has 2 aliphatic heterocycles. The molecular formula is C12H22N4O2S. The lowest BCUT2D eigenvalue weighted by Gasteiger charge is -2.16. The molecule has 2 saturated heterocycles. The van der Waals surface area contributed by atoms with Crippen LogP contribution < -0.4 is 21.7 Å². The zero-order valence-electron chi connectivity index (χ0n) is 11.0. The van der Waals surface area contributed by atoms with E-state index in [1.807, 2.05) is 11.8 Å². The number of nitrogens with one attached hydrogen (secondary N) is 3. The summed E-state index contributed by atoms with van der Waals surface area (Å²) in [6.07, 6.45) is 3.53. The van der Waals surface area contributed by atoms with Gasteiger partial charge in [-0.3, -0.25) is 4.79 Å². The fraction of sp³-hybridized carbons (Fsp3) is 0.833. The van der Waals surface area contributed by atoms with Gasteiger partial charge in [-0.1, -0.05) is 6.42 Å². The number of hydrogen-bond acceptors (Lipinski definition) is 4. The van der Waals surface area contributed by atoms with Gasteiger partial charge in [-0.25, -0.2) is 4.79 Å². The molecule has 0 aliphatic carbocycles. The van der Waals surface area contributed by atoms with Gasteiger partial charge < -0.3 is 21.7 Å². The van der Waals surface area contributed by atoms with Crippen LogP contribution in [0.1, 0.15) is 25.7 Å². The van der Waals surface area contributed by atoms with E-state index in [1.165, 1.54) is 0 Å². The lowest BCUT2D eigenvalue weighted by atomic mass is 10.0. The Hall–Kier alpha value is -0.950. The van der Waals surface area contributed by atoms with Crippen molar-refractivity contribution >= 4 is 23.7 Å². The fourth-order valence-electron chi connectivity index (χ4n) is 2.57. The molecule has 3 atom stereocenters. The number of amides is 3. The molecule has 108 valence electrons. The maximum Gasteiger partial charge on any atom is 0.315 e. The van der Waals surface area contributed by atoms with Crippen molar-refractivity contribution in [1.29, 1.82) is 0 Å². The molecule has 2 rings (SSSR count).